The summed E-state index contributed by atoms with van der Waals surface area (Å²) in [6, 6.07) is 0. The van der Waals surface area contributed by atoms with Crippen LogP contribution in [0, 0.1) is 0 Å². The lowest BCUT2D eigenvalue weighted by molar-refractivity contribution is -0.140. The van der Waals surface area contributed by atoms with Crippen molar-refractivity contribution in [3.63, 3.8) is 0 Å². The van der Waals surface area contributed by atoms with Crippen LogP contribution in [-0.4, -0.2) is 35.3 Å². The summed E-state index contributed by atoms with van der Waals surface area (Å²) in [4.78, 5) is 18.3. The highest BCUT2D eigenvalue weighted by molar-refractivity contribution is 5.90. The second-order valence-electron chi connectivity index (χ2n) is 2.61. The molecule has 0 bridgehead atoms. The van der Waals surface area contributed by atoms with Crippen molar-refractivity contribution in [3.05, 3.63) is 12.2 Å². The molecule has 0 amide bonds. The van der Waals surface area contributed by atoms with Gasteiger partial charge in [-0.05, 0) is 12.2 Å². The summed E-state index contributed by atoms with van der Waals surface area (Å²) in [5.41, 5.74) is 8.83. The molecule has 0 saturated carbocycles. The third-order valence-corrected chi connectivity index (χ3v) is 1.59. The van der Waals surface area contributed by atoms with Crippen molar-refractivity contribution in [1.29, 1.82) is 0 Å². The summed E-state index contributed by atoms with van der Waals surface area (Å²) in [6.07, 6.45) is 4.41. The SMILES string of the molecule is NC(N)=NC1(C(=O)O)C=CC=NC1. The van der Waals surface area contributed by atoms with E-state index in [0.29, 0.717) is 0 Å². The molecule has 1 atom stereocenters. The number of nitrogens with zero attached hydrogens (tertiary/aromatic N) is 2. The van der Waals surface area contributed by atoms with Gasteiger partial charge in [0.1, 0.15) is 0 Å². The highest BCUT2D eigenvalue weighted by Crippen LogP contribution is 2.16. The van der Waals surface area contributed by atoms with E-state index in [1.807, 2.05) is 0 Å². The lowest BCUT2D eigenvalue weighted by Gasteiger charge is -2.20. The average molecular weight is 182 g/mol. The molecule has 1 heterocycles. The summed E-state index contributed by atoms with van der Waals surface area (Å²) in [7, 11) is 0. The average Bonchev–Trinajstić information content (AvgIpc) is 2.04. The normalized spacial score (nSPS) is 25.5. The van der Waals surface area contributed by atoms with Crippen LogP contribution in [0.15, 0.2) is 22.1 Å². The summed E-state index contributed by atoms with van der Waals surface area (Å²) >= 11 is 0. The summed E-state index contributed by atoms with van der Waals surface area (Å²) in [6.45, 7) is 0.0245. The molecule has 13 heavy (non-hydrogen) atoms. The maximum absolute atomic E-state index is 10.9. The lowest BCUT2D eigenvalue weighted by Crippen LogP contribution is -2.42. The highest BCUT2D eigenvalue weighted by Gasteiger charge is 2.36. The van der Waals surface area contributed by atoms with Gasteiger partial charge in [0, 0.05) is 6.21 Å². The molecule has 0 saturated heterocycles. The molecule has 5 N–H and O–H groups in total. The van der Waals surface area contributed by atoms with Gasteiger partial charge >= 0.3 is 5.97 Å². The molecule has 0 fully saturated rings. The molecule has 0 aromatic carbocycles. The van der Waals surface area contributed by atoms with Crippen LogP contribution in [0.2, 0.25) is 0 Å². The Labute approximate surface area is 74.7 Å². The number of carbonyl (C=O) groups is 1. The maximum atomic E-state index is 10.9. The largest absolute Gasteiger partial charge is 0.479 e. The topological polar surface area (TPSA) is 114 Å². The first-order chi connectivity index (χ1) is 6.07. The summed E-state index contributed by atoms with van der Waals surface area (Å²) < 4.78 is 0. The lowest BCUT2D eigenvalue weighted by atomic mass is 9.99. The van der Waals surface area contributed by atoms with Crippen molar-refractivity contribution >= 4 is 18.1 Å². The van der Waals surface area contributed by atoms with Gasteiger partial charge in [0.05, 0.1) is 6.54 Å². The summed E-state index contributed by atoms with van der Waals surface area (Å²) in [5, 5.41) is 8.89. The molecule has 0 aliphatic carbocycles. The minimum absolute atomic E-state index is 0.0245. The first kappa shape index (κ1) is 9.24. The molecular weight excluding hydrogens is 172 g/mol. The molecule has 6 heteroatoms. The van der Waals surface area contributed by atoms with Gasteiger partial charge in [-0.3, -0.25) is 4.99 Å². The molecule has 1 aliphatic rings. The van der Waals surface area contributed by atoms with Crippen LogP contribution < -0.4 is 11.5 Å². The van der Waals surface area contributed by atoms with Gasteiger partial charge in [0.2, 0.25) is 0 Å². The van der Waals surface area contributed by atoms with Gasteiger partial charge in [-0.25, -0.2) is 9.79 Å². The molecule has 6 nitrogen and oxygen atoms in total. The van der Waals surface area contributed by atoms with E-state index in [9.17, 15) is 4.79 Å². The summed E-state index contributed by atoms with van der Waals surface area (Å²) in [5.74, 6) is -1.38. The molecule has 0 radical (unpaired) electrons. The van der Waals surface area contributed by atoms with Crippen molar-refractivity contribution in [2.24, 2.45) is 21.5 Å². The number of dihydropyridines is 1. The molecule has 1 aliphatic heterocycles. The molecular formula is C7H10N4O2. The van der Waals surface area contributed by atoms with Gasteiger partial charge in [0.15, 0.2) is 11.5 Å². The third kappa shape index (κ3) is 1.84. The van der Waals surface area contributed by atoms with Crippen molar-refractivity contribution in [2.75, 3.05) is 6.54 Å². The predicted molar refractivity (Wildman–Crippen MR) is 48.7 cm³/mol. The van der Waals surface area contributed by atoms with Gasteiger partial charge in [-0.2, -0.15) is 0 Å². The Morgan fingerprint density at radius 3 is 2.69 bits per heavy atom. The molecule has 1 unspecified atom stereocenters. The highest BCUT2D eigenvalue weighted by atomic mass is 16.4. The molecule has 70 valence electrons. The van der Waals surface area contributed by atoms with Crippen LogP contribution >= 0.6 is 0 Å². The van der Waals surface area contributed by atoms with E-state index < -0.39 is 11.5 Å². The van der Waals surface area contributed by atoms with Gasteiger partial charge < -0.3 is 16.6 Å². The van der Waals surface area contributed by atoms with Crippen LogP contribution in [0.1, 0.15) is 0 Å². The standard InChI is InChI=1S/C7H10N4O2/c8-6(9)11-7(5(12)13)2-1-3-10-4-7/h1-3H,4H2,(H,12,13)(H4,8,9,11). The van der Waals surface area contributed by atoms with Crippen LogP contribution in [0.5, 0.6) is 0 Å². The number of nitrogens with two attached hydrogens (primary N) is 2. The Kier molecular flexibility index (Phi) is 2.32. The van der Waals surface area contributed by atoms with Crippen LogP contribution in [-0.2, 0) is 4.79 Å². The Morgan fingerprint density at radius 1 is 1.62 bits per heavy atom. The van der Waals surface area contributed by atoms with Crippen LogP contribution in [0.4, 0.5) is 0 Å². The third-order valence-electron chi connectivity index (χ3n) is 1.59. The van der Waals surface area contributed by atoms with E-state index in [0.717, 1.165) is 0 Å². The smallest absolute Gasteiger partial charge is 0.337 e. The molecule has 1 rings (SSSR count). The molecule has 0 aromatic heterocycles. The first-order valence-electron chi connectivity index (χ1n) is 3.59. The number of guanidine groups is 1. The van der Waals surface area contributed by atoms with E-state index in [1.54, 1.807) is 0 Å². The molecule has 0 aromatic rings. The zero-order valence-electron chi connectivity index (χ0n) is 6.84. The van der Waals surface area contributed by atoms with E-state index >= 15 is 0 Å². The second kappa shape index (κ2) is 3.26. The zero-order chi connectivity index (χ0) is 9.90. The Balaban J connectivity index is 3.03. The van der Waals surface area contributed by atoms with Crippen LogP contribution in [0.25, 0.3) is 0 Å². The van der Waals surface area contributed by atoms with Gasteiger partial charge in [-0.1, -0.05) is 0 Å². The van der Waals surface area contributed by atoms with Crippen LogP contribution in [0.3, 0.4) is 0 Å². The monoisotopic (exact) mass is 182 g/mol. The van der Waals surface area contributed by atoms with Crippen molar-refractivity contribution in [1.82, 2.24) is 0 Å². The van der Waals surface area contributed by atoms with Crippen molar-refractivity contribution < 1.29 is 9.90 Å². The Morgan fingerprint density at radius 2 is 2.31 bits per heavy atom. The van der Waals surface area contributed by atoms with E-state index in [2.05, 4.69) is 9.98 Å². The Bertz CT molecular complexity index is 304. The van der Waals surface area contributed by atoms with Gasteiger partial charge in [-0.15, -0.1) is 0 Å². The minimum atomic E-state index is -1.42. The molecule has 0 spiro atoms. The number of hydrogen-bond acceptors (Lipinski definition) is 3. The van der Waals surface area contributed by atoms with E-state index in [4.69, 9.17) is 16.6 Å². The zero-order valence-corrected chi connectivity index (χ0v) is 6.84. The number of rotatable bonds is 2. The number of aliphatic carboxylic acids is 1. The van der Waals surface area contributed by atoms with Crippen molar-refractivity contribution in [2.45, 2.75) is 5.54 Å². The van der Waals surface area contributed by atoms with E-state index in [-0.39, 0.29) is 12.5 Å². The fourth-order valence-corrected chi connectivity index (χ4v) is 0.997. The maximum Gasteiger partial charge on any atom is 0.337 e. The number of aliphatic imine (C=N–C) groups is 2. The Hall–Kier alpha value is -1.85. The number of allylic oxidation sites excluding steroid dienone is 1. The number of carboxylic acid groups (broad SMARTS) is 1. The predicted octanol–water partition coefficient (Wildman–Crippen LogP) is -1.28. The quantitative estimate of drug-likeness (QED) is 0.364. The number of carboxylic acids is 1. The fraction of sp³-hybridized carbons (Fsp3) is 0.286. The number of hydrogen-bond donors (Lipinski definition) is 3. The van der Waals surface area contributed by atoms with E-state index in [1.165, 1.54) is 18.4 Å². The minimum Gasteiger partial charge on any atom is -0.479 e. The second-order valence-corrected chi connectivity index (χ2v) is 2.61. The van der Waals surface area contributed by atoms with Crippen molar-refractivity contribution in [3.8, 4) is 0 Å². The fourth-order valence-electron chi connectivity index (χ4n) is 0.997. The van der Waals surface area contributed by atoms with Gasteiger partial charge in [0.25, 0.3) is 0 Å². The first-order valence-corrected chi connectivity index (χ1v) is 3.59.